The number of aromatic hydroxyl groups is 1. The summed E-state index contributed by atoms with van der Waals surface area (Å²) in [5.74, 6) is 0.657. The van der Waals surface area contributed by atoms with Crippen molar-refractivity contribution < 1.29 is 18.3 Å². The van der Waals surface area contributed by atoms with Crippen molar-refractivity contribution >= 4 is 21.9 Å². The molecule has 0 aliphatic heterocycles. The minimum Gasteiger partial charge on any atom is -0.507 e. The molecule has 2 aromatic rings. The van der Waals surface area contributed by atoms with Gasteiger partial charge in [-0.3, -0.25) is 4.99 Å². The second-order valence-electron chi connectivity index (χ2n) is 5.42. The number of rotatable bonds is 5. The van der Waals surface area contributed by atoms with Crippen LogP contribution in [0.1, 0.15) is 11.1 Å². The highest BCUT2D eigenvalue weighted by molar-refractivity contribution is 7.89. The van der Waals surface area contributed by atoms with Crippen LogP contribution in [0.4, 0.5) is 5.69 Å². The molecule has 0 aliphatic carbocycles. The van der Waals surface area contributed by atoms with E-state index in [-0.39, 0.29) is 10.6 Å². The number of ether oxygens (including phenoxy) is 1. The zero-order valence-corrected chi connectivity index (χ0v) is 14.8. The van der Waals surface area contributed by atoms with Crippen molar-refractivity contribution in [2.24, 2.45) is 4.99 Å². The molecule has 0 radical (unpaired) electrons. The number of nitrogens with zero attached hydrogens (tertiary/aromatic N) is 2. The lowest BCUT2D eigenvalue weighted by Gasteiger charge is -2.12. The summed E-state index contributed by atoms with van der Waals surface area (Å²) in [5, 5.41) is 9.89. The molecule has 6 nitrogen and oxygen atoms in total. The first-order valence-electron chi connectivity index (χ1n) is 7.20. The average molecular weight is 348 g/mol. The van der Waals surface area contributed by atoms with Crippen LogP contribution >= 0.6 is 0 Å². The summed E-state index contributed by atoms with van der Waals surface area (Å²) in [6, 6.07) is 9.57. The van der Waals surface area contributed by atoms with Crippen molar-refractivity contribution in [3.8, 4) is 11.5 Å². The van der Waals surface area contributed by atoms with Crippen molar-refractivity contribution in [3.05, 3.63) is 47.5 Å². The Morgan fingerprint density at radius 3 is 2.50 bits per heavy atom. The van der Waals surface area contributed by atoms with E-state index < -0.39 is 10.0 Å². The van der Waals surface area contributed by atoms with Gasteiger partial charge in [-0.15, -0.1) is 0 Å². The Morgan fingerprint density at radius 1 is 1.17 bits per heavy atom. The van der Waals surface area contributed by atoms with Crippen LogP contribution < -0.4 is 4.74 Å². The molecule has 0 spiro atoms. The first kappa shape index (κ1) is 18.0. The molecule has 0 saturated heterocycles. The molecule has 0 heterocycles. The fourth-order valence-electron chi connectivity index (χ4n) is 2.00. The Bertz CT molecular complexity index is 874. The molecule has 0 bridgehead atoms. The molecule has 0 unspecified atom stereocenters. The fourth-order valence-corrected chi connectivity index (χ4v) is 2.92. The largest absolute Gasteiger partial charge is 0.507 e. The second kappa shape index (κ2) is 7.02. The number of phenols is 1. The zero-order chi connectivity index (χ0) is 17.9. The normalized spacial score (nSPS) is 12.0. The van der Waals surface area contributed by atoms with Gasteiger partial charge in [0.05, 0.1) is 17.7 Å². The van der Waals surface area contributed by atoms with E-state index in [1.807, 2.05) is 6.92 Å². The van der Waals surface area contributed by atoms with E-state index in [1.54, 1.807) is 24.3 Å². The number of aryl methyl sites for hydroxylation is 1. The number of benzene rings is 2. The molecular formula is C17H20N2O4S. The lowest BCUT2D eigenvalue weighted by molar-refractivity contribution is 0.412. The molecule has 128 valence electrons. The minimum absolute atomic E-state index is 0.0641. The van der Waals surface area contributed by atoms with Gasteiger partial charge in [0.25, 0.3) is 0 Å². The summed E-state index contributed by atoms with van der Waals surface area (Å²) in [4.78, 5) is 4.49. The molecule has 1 N–H and O–H groups in total. The Kier molecular flexibility index (Phi) is 5.26. The smallest absolute Gasteiger partial charge is 0.242 e. The van der Waals surface area contributed by atoms with Crippen LogP contribution in [0, 0.1) is 6.92 Å². The maximum absolute atomic E-state index is 12.2. The van der Waals surface area contributed by atoms with Crippen LogP contribution in [0.2, 0.25) is 0 Å². The van der Waals surface area contributed by atoms with Gasteiger partial charge in [-0.1, -0.05) is 6.07 Å². The van der Waals surface area contributed by atoms with Gasteiger partial charge in [-0.2, -0.15) is 0 Å². The van der Waals surface area contributed by atoms with E-state index in [0.717, 1.165) is 9.87 Å². The SMILES string of the molecule is COc1ccc(O)c(C=Nc2cc(S(=O)(=O)N(C)C)ccc2C)c1. The molecule has 2 rings (SSSR count). The molecule has 7 heteroatoms. The van der Waals surface area contributed by atoms with Gasteiger partial charge in [0, 0.05) is 25.9 Å². The second-order valence-corrected chi connectivity index (χ2v) is 7.57. The highest BCUT2D eigenvalue weighted by atomic mass is 32.2. The highest BCUT2D eigenvalue weighted by Crippen LogP contribution is 2.26. The summed E-state index contributed by atoms with van der Waals surface area (Å²) in [7, 11) is 0.964. The summed E-state index contributed by atoms with van der Waals surface area (Å²) in [6.07, 6.45) is 1.48. The zero-order valence-electron chi connectivity index (χ0n) is 14.0. The summed E-state index contributed by atoms with van der Waals surface area (Å²) in [5.41, 5.74) is 1.82. The van der Waals surface area contributed by atoms with Gasteiger partial charge in [0.2, 0.25) is 10.0 Å². The predicted molar refractivity (Wildman–Crippen MR) is 94.0 cm³/mol. The molecule has 0 amide bonds. The van der Waals surface area contributed by atoms with E-state index in [4.69, 9.17) is 4.74 Å². The predicted octanol–water partition coefficient (Wildman–Crippen LogP) is 2.71. The standard InChI is InChI=1S/C17H20N2O4S/c1-12-5-7-15(24(21,22)19(2)3)10-16(12)18-11-13-9-14(23-4)6-8-17(13)20/h5-11,20H,1-4H3. The van der Waals surface area contributed by atoms with E-state index in [2.05, 4.69) is 4.99 Å². The van der Waals surface area contributed by atoms with E-state index in [9.17, 15) is 13.5 Å². The monoisotopic (exact) mass is 348 g/mol. The van der Waals surface area contributed by atoms with Gasteiger partial charge in [0.15, 0.2) is 0 Å². The topological polar surface area (TPSA) is 79.2 Å². The van der Waals surface area contributed by atoms with Gasteiger partial charge in [-0.05, 0) is 42.8 Å². The molecule has 0 atom stereocenters. The summed E-state index contributed by atoms with van der Waals surface area (Å²) < 4.78 is 30.7. The van der Waals surface area contributed by atoms with Crippen LogP contribution in [-0.2, 0) is 10.0 Å². The first-order chi connectivity index (χ1) is 11.3. The molecule has 24 heavy (non-hydrogen) atoms. The number of sulfonamides is 1. The Labute approximate surface area is 142 Å². The Hall–Kier alpha value is -2.38. The van der Waals surface area contributed by atoms with Crippen molar-refractivity contribution in [2.75, 3.05) is 21.2 Å². The van der Waals surface area contributed by atoms with E-state index in [0.29, 0.717) is 17.0 Å². The van der Waals surface area contributed by atoms with Crippen LogP contribution in [0.3, 0.4) is 0 Å². The number of hydrogen-bond acceptors (Lipinski definition) is 5. The van der Waals surface area contributed by atoms with E-state index >= 15 is 0 Å². The van der Waals surface area contributed by atoms with Crippen molar-refractivity contribution in [1.29, 1.82) is 0 Å². The summed E-state index contributed by atoms with van der Waals surface area (Å²) in [6.45, 7) is 1.84. The van der Waals surface area contributed by atoms with Crippen molar-refractivity contribution in [3.63, 3.8) is 0 Å². The fraction of sp³-hybridized carbons (Fsp3) is 0.235. The molecular weight excluding hydrogens is 328 g/mol. The van der Waals surface area contributed by atoms with Crippen LogP contribution in [0.25, 0.3) is 0 Å². The number of methoxy groups -OCH3 is 1. The number of hydrogen-bond donors (Lipinski definition) is 1. The molecule has 0 aliphatic rings. The van der Waals surface area contributed by atoms with Crippen molar-refractivity contribution in [1.82, 2.24) is 4.31 Å². The van der Waals surface area contributed by atoms with Crippen LogP contribution in [0.5, 0.6) is 11.5 Å². The van der Waals surface area contributed by atoms with Crippen molar-refractivity contribution in [2.45, 2.75) is 11.8 Å². The maximum Gasteiger partial charge on any atom is 0.242 e. The maximum atomic E-state index is 12.2. The number of phenolic OH excluding ortho intramolecular Hbond substituents is 1. The Morgan fingerprint density at radius 2 is 1.88 bits per heavy atom. The lowest BCUT2D eigenvalue weighted by Crippen LogP contribution is -2.22. The summed E-state index contributed by atoms with van der Waals surface area (Å²) >= 11 is 0. The third-order valence-electron chi connectivity index (χ3n) is 3.54. The first-order valence-corrected chi connectivity index (χ1v) is 8.64. The molecule has 0 fully saturated rings. The van der Waals surface area contributed by atoms with Crippen LogP contribution in [0.15, 0.2) is 46.3 Å². The average Bonchev–Trinajstić information content (AvgIpc) is 2.55. The van der Waals surface area contributed by atoms with Gasteiger partial charge >= 0.3 is 0 Å². The third-order valence-corrected chi connectivity index (χ3v) is 5.35. The molecule has 0 saturated carbocycles. The third kappa shape index (κ3) is 3.74. The highest BCUT2D eigenvalue weighted by Gasteiger charge is 2.17. The molecule has 0 aromatic heterocycles. The Balaban J connectivity index is 2.43. The quantitative estimate of drug-likeness (QED) is 0.843. The van der Waals surface area contributed by atoms with Gasteiger partial charge < -0.3 is 9.84 Å². The van der Waals surface area contributed by atoms with E-state index in [1.165, 1.54) is 39.6 Å². The van der Waals surface area contributed by atoms with Gasteiger partial charge in [-0.25, -0.2) is 12.7 Å². The molecule has 2 aromatic carbocycles. The minimum atomic E-state index is -3.53. The lowest BCUT2D eigenvalue weighted by atomic mass is 10.2. The number of aliphatic imine (C=N–C) groups is 1. The van der Waals surface area contributed by atoms with Gasteiger partial charge in [0.1, 0.15) is 11.5 Å². The van der Waals surface area contributed by atoms with Crippen LogP contribution in [-0.4, -0.2) is 45.2 Å².